The molecule has 2 amide bonds. The number of benzene rings is 3. The molecule has 4 aromatic rings. The third kappa shape index (κ3) is 7.37. The second kappa shape index (κ2) is 16.0. The maximum atomic E-state index is 14.4. The standard InChI is InChI=1S/C44H50BNO8Si/c1-5-29(23-33-20-21-34(26-47)54-33)19-22-39-40-30(27-53-55(44(2,3)4,35-15-8-6-9-16-35)36-17-10-7-11-18-36)24-37-41(38(40)28-52-39)43(49)46(42(37)48)32-14-12-13-31(25-32)45(50)51/h6-18,20-21,23,25,37-39,41,47,50-51H,5,19,22,24,26-28H2,1-4H3/b29-23+/t37-,38+,39-,41-/m1/s1. The van der Waals surface area contributed by atoms with Gasteiger partial charge in [-0.25, -0.2) is 0 Å². The Morgan fingerprint density at radius 1 is 0.927 bits per heavy atom. The number of carbonyl (C=O) groups excluding carboxylic acids is 2. The van der Waals surface area contributed by atoms with Crippen LogP contribution in [0.4, 0.5) is 5.69 Å². The lowest BCUT2D eigenvalue weighted by Gasteiger charge is -2.44. The number of aliphatic hydroxyl groups excluding tert-OH is 1. The van der Waals surface area contributed by atoms with Crippen molar-refractivity contribution in [1.82, 2.24) is 0 Å². The third-order valence-corrected chi connectivity index (χ3v) is 16.7. The highest BCUT2D eigenvalue weighted by Crippen LogP contribution is 2.51. The molecule has 11 heteroatoms. The van der Waals surface area contributed by atoms with Crippen LogP contribution in [0.25, 0.3) is 6.08 Å². The molecule has 9 nitrogen and oxygen atoms in total. The van der Waals surface area contributed by atoms with Gasteiger partial charge in [0.25, 0.3) is 8.32 Å². The molecule has 55 heavy (non-hydrogen) atoms. The number of fused-ring (bicyclic) bond motifs is 3. The Morgan fingerprint density at radius 3 is 2.22 bits per heavy atom. The molecule has 1 aliphatic carbocycles. The lowest BCUT2D eigenvalue weighted by Crippen LogP contribution is -2.66. The molecule has 0 bridgehead atoms. The van der Waals surface area contributed by atoms with Crippen LogP contribution in [0.15, 0.2) is 118 Å². The van der Waals surface area contributed by atoms with Crippen molar-refractivity contribution in [2.24, 2.45) is 17.8 Å². The molecule has 2 fully saturated rings. The lowest BCUT2D eigenvalue weighted by molar-refractivity contribution is -0.122. The highest BCUT2D eigenvalue weighted by molar-refractivity contribution is 6.99. The van der Waals surface area contributed by atoms with Gasteiger partial charge in [-0.1, -0.05) is 106 Å². The van der Waals surface area contributed by atoms with E-state index in [-0.39, 0.29) is 40.9 Å². The molecular formula is C44H50BNO8Si. The molecule has 0 spiro atoms. The van der Waals surface area contributed by atoms with Crippen molar-refractivity contribution in [2.75, 3.05) is 18.1 Å². The number of imide groups is 1. The van der Waals surface area contributed by atoms with Crippen molar-refractivity contribution in [1.29, 1.82) is 0 Å². The van der Waals surface area contributed by atoms with Crippen LogP contribution in [-0.4, -0.2) is 61.7 Å². The highest BCUT2D eigenvalue weighted by atomic mass is 28.4. The van der Waals surface area contributed by atoms with Gasteiger partial charge in [-0.15, -0.1) is 0 Å². The van der Waals surface area contributed by atoms with Gasteiger partial charge in [0.15, 0.2) is 0 Å². The summed E-state index contributed by atoms with van der Waals surface area (Å²) < 4.78 is 19.9. The maximum absolute atomic E-state index is 14.4. The smallest absolute Gasteiger partial charge is 0.459 e. The van der Waals surface area contributed by atoms with Gasteiger partial charge in [-0.3, -0.25) is 14.5 Å². The highest BCUT2D eigenvalue weighted by Gasteiger charge is 2.58. The molecule has 4 atom stereocenters. The van der Waals surface area contributed by atoms with Crippen molar-refractivity contribution >= 4 is 54.8 Å². The number of carbonyl (C=O) groups is 2. The van der Waals surface area contributed by atoms with Crippen LogP contribution in [0.1, 0.15) is 64.9 Å². The zero-order valence-corrected chi connectivity index (χ0v) is 33.0. The fourth-order valence-corrected chi connectivity index (χ4v) is 13.6. The number of allylic oxidation sites excluding steroid dienone is 1. The van der Waals surface area contributed by atoms with Gasteiger partial charge < -0.3 is 28.7 Å². The normalized spacial score (nSPS) is 21.7. The van der Waals surface area contributed by atoms with Gasteiger partial charge in [0.2, 0.25) is 11.8 Å². The van der Waals surface area contributed by atoms with Crippen LogP contribution in [-0.2, 0) is 25.4 Å². The van der Waals surface area contributed by atoms with Crippen molar-refractivity contribution in [3.8, 4) is 0 Å². The van der Waals surface area contributed by atoms with Gasteiger partial charge >= 0.3 is 7.12 Å². The van der Waals surface area contributed by atoms with Crippen LogP contribution in [0, 0.1) is 17.8 Å². The van der Waals surface area contributed by atoms with E-state index in [1.165, 1.54) is 16.5 Å². The molecule has 0 unspecified atom stereocenters. The van der Waals surface area contributed by atoms with Crippen LogP contribution < -0.4 is 20.7 Å². The summed E-state index contributed by atoms with van der Waals surface area (Å²) >= 11 is 0. The van der Waals surface area contributed by atoms with E-state index in [0.29, 0.717) is 43.3 Å². The summed E-state index contributed by atoms with van der Waals surface area (Å²) in [6.07, 6.45) is 4.35. The van der Waals surface area contributed by atoms with Crippen LogP contribution >= 0.6 is 0 Å². The van der Waals surface area contributed by atoms with Gasteiger partial charge in [0.05, 0.1) is 36.8 Å². The fourth-order valence-electron chi connectivity index (χ4n) is 9.07. The molecule has 3 aliphatic rings. The molecule has 0 saturated carbocycles. The topological polar surface area (TPSA) is 130 Å². The zero-order valence-electron chi connectivity index (χ0n) is 32.0. The fraction of sp³-hybridized carbons (Fsp3) is 0.364. The molecule has 0 radical (unpaired) electrons. The summed E-state index contributed by atoms with van der Waals surface area (Å²) in [5, 5.41) is 31.3. The molecule has 7 rings (SSSR count). The number of furan rings is 1. The van der Waals surface area contributed by atoms with Crippen LogP contribution in [0.3, 0.4) is 0 Å². The summed E-state index contributed by atoms with van der Waals surface area (Å²) in [5.74, 6) is -0.881. The Hall–Kier alpha value is -4.36. The Labute approximate surface area is 324 Å². The minimum atomic E-state index is -2.96. The van der Waals surface area contributed by atoms with Crippen molar-refractivity contribution in [3.05, 3.63) is 125 Å². The quantitative estimate of drug-likeness (QED) is 0.0974. The SMILES string of the molecule is CC/C(=C\c1ccc(CO)o1)CC[C@H]1OC[C@H]2C1=C(CO[Si](c1ccccc1)(c1ccccc1)C(C)(C)C)C[C@H]1C(=O)N(c3cccc(B(O)O)c3)C(=O)[C@H]12. The van der Waals surface area contributed by atoms with E-state index < -0.39 is 27.3 Å². The lowest BCUT2D eigenvalue weighted by atomic mass is 9.69. The number of ether oxygens (including phenoxy) is 1. The van der Waals surface area contributed by atoms with Gasteiger partial charge in [-0.2, -0.15) is 0 Å². The predicted octanol–water partition coefficient (Wildman–Crippen LogP) is 5.12. The monoisotopic (exact) mass is 759 g/mol. The number of rotatable bonds is 13. The number of nitrogens with zero attached hydrogens (tertiary/aromatic N) is 1. The first kappa shape index (κ1) is 38.9. The maximum Gasteiger partial charge on any atom is 0.488 e. The first-order chi connectivity index (χ1) is 26.5. The molecule has 2 aliphatic heterocycles. The summed E-state index contributed by atoms with van der Waals surface area (Å²) in [5.41, 5.74) is 3.80. The Balaban J connectivity index is 1.27. The van der Waals surface area contributed by atoms with Crippen molar-refractivity contribution < 1.29 is 38.3 Å². The minimum absolute atomic E-state index is 0.158. The summed E-state index contributed by atoms with van der Waals surface area (Å²) in [4.78, 5) is 30.0. The Kier molecular flexibility index (Phi) is 11.3. The summed E-state index contributed by atoms with van der Waals surface area (Å²) in [7, 11) is -4.69. The summed E-state index contributed by atoms with van der Waals surface area (Å²) in [6, 6.07) is 30.9. The number of hydrogen-bond acceptors (Lipinski definition) is 8. The minimum Gasteiger partial charge on any atom is -0.459 e. The average molecular weight is 760 g/mol. The van der Waals surface area contributed by atoms with E-state index in [1.54, 1.807) is 24.3 Å². The number of hydrogen-bond donors (Lipinski definition) is 3. The van der Waals surface area contributed by atoms with Crippen molar-refractivity contribution in [3.63, 3.8) is 0 Å². The predicted molar refractivity (Wildman–Crippen MR) is 216 cm³/mol. The van der Waals surface area contributed by atoms with E-state index in [4.69, 9.17) is 13.6 Å². The molecule has 286 valence electrons. The van der Waals surface area contributed by atoms with E-state index in [0.717, 1.165) is 34.4 Å². The van der Waals surface area contributed by atoms with E-state index >= 15 is 0 Å². The third-order valence-electron chi connectivity index (χ3n) is 11.7. The zero-order chi connectivity index (χ0) is 38.9. The first-order valence-corrected chi connectivity index (χ1v) is 21.2. The van der Waals surface area contributed by atoms with E-state index in [9.17, 15) is 24.7 Å². The molecule has 3 N–H and O–H groups in total. The number of amides is 2. The Bertz CT molecular complexity index is 2030. The molecule has 3 aromatic carbocycles. The largest absolute Gasteiger partial charge is 0.488 e. The molecular weight excluding hydrogens is 709 g/mol. The average Bonchev–Trinajstić information content (AvgIpc) is 3.89. The van der Waals surface area contributed by atoms with Gasteiger partial charge in [-0.05, 0) is 88.0 Å². The van der Waals surface area contributed by atoms with E-state index in [1.807, 2.05) is 24.3 Å². The number of anilines is 1. The summed E-state index contributed by atoms with van der Waals surface area (Å²) in [6.45, 7) is 9.29. The van der Waals surface area contributed by atoms with Crippen molar-refractivity contribution in [2.45, 2.75) is 71.1 Å². The van der Waals surface area contributed by atoms with Gasteiger partial charge in [0, 0.05) is 5.92 Å². The second-order valence-electron chi connectivity index (χ2n) is 15.9. The molecule has 1 aromatic heterocycles. The first-order valence-electron chi connectivity index (χ1n) is 19.3. The number of aliphatic hydroxyl groups is 1. The Morgan fingerprint density at radius 2 is 1.62 bits per heavy atom. The molecule has 3 heterocycles. The van der Waals surface area contributed by atoms with E-state index in [2.05, 4.69) is 76.2 Å². The molecule has 2 saturated heterocycles. The second-order valence-corrected chi connectivity index (χ2v) is 20.2. The van der Waals surface area contributed by atoms with Gasteiger partial charge in [0.1, 0.15) is 18.1 Å². The van der Waals surface area contributed by atoms with Crippen LogP contribution in [0.2, 0.25) is 5.04 Å². The van der Waals surface area contributed by atoms with Crippen LogP contribution in [0.5, 0.6) is 0 Å².